The highest BCUT2D eigenvalue weighted by Crippen LogP contribution is 2.17. The number of hydrogen-bond acceptors (Lipinski definition) is 5. The summed E-state index contributed by atoms with van der Waals surface area (Å²) in [6, 6.07) is 14.6. The van der Waals surface area contributed by atoms with Gasteiger partial charge in [-0.2, -0.15) is 0 Å². The lowest BCUT2D eigenvalue weighted by atomic mass is 10.1. The summed E-state index contributed by atoms with van der Waals surface area (Å²) in [6.45, 7) is 4.34. The number of rotatable bonds is 8. The van der Waals surface area contributed by atoms with Crippen molar-refractivity contribution in [3.63, 3.8) is 0 Å². The zero-order valence-corrected chi connectivity index (χ0v) is 18.2. The first-order valence-corrected chi connectivity index (χ1v) is 10.6. The summed E-state index contributed by atoms with van der Waals surface area (Å²) >= 11 is 1.58. The van der Waals surface area contributed by atoms with Gasteiger partial charge in [0, 0.05) is 23.7 Å². The van der Waals surface area contributed by atoms with Gasteiger partial charge in [-0.05, 0) is 49.2 Å². The van der Waals surface area contributed by atoms with E-state index < -0.39 is 0 Å². The number of amides is 2. The first kappa shape index (κ1) is 21.5. The molecule has 2 aromatic carbocycles. The van der Waals surface area contributed by atoms with Crippen molar-refractivity contribution in [2.75, 3.05) is 18.9 Å². The number of para-hydroxylation sites is 1. The molecule has 0 spiro atoms. The Hall–Kier alpha value is -3.19. The number of benzene rings is 2. The van der Waals surface area contributed by atoms with Crippen LogP contribution in [-0.4, -0.2) is 35.3 Å². The first-order chi connectivity index (χ1) is 14.5. The molecule has 0 radical (unpaired) electrons. The first-order valence-electron chi connectivity index (χ1n) is 9.73. The summed E-state index contributed by atoms with van der Waals surface area (Å²) in [5, 5.41) is 5.85. The molecular formula is C23H25N3O3S. The van der Waals surface area contributed by atoms with Gasteiger partial charge in [0.05, 0.1) is 17.2 Å². The lowest BCUT2D eigenvalue weighted by molar-refractivity contribution is -0.116. The SMILES string of the molecule is CCc1ccccc1NC(=O)CN(C)C(=O)c1ccc(OCc2csc(C)n2)cc1. The van der Waals surface area contributed by atoms with Crippen molar-refractivity contribution in [2.24, 2.45) is 0 Å². The van der Waals surface area contributed by atoms with Gasteiger partial charge in [-0.15, -0.1) is 11.3 Å². The number of thiazole rings is 1. The van der Waals surface area contributed by atoms with Crippen LogP contribution in [0.2, 0.25) is 0 Å². The quantitative estimate of drug-likeness (QED) is 0.586. The van der Waals surface area contributed by atoms with E-state index in [-0.39, 0.29) is 18.4 Å². The number of nitrogens with zero attached hydrogens (tertiary/aromatic N) is 2. The van der Waals surface area contributed by atoms with E-state index in [1.807, 2.05) is 43.5 Å². The molecular weight excluding hydrogens is 398 g/mol. The third-order valence-electron chi connectivity index (χ3n) is 4.55. The van der Waals surface area contributed by atoms with Gasteiger partial charge in [-0.3, -0.25) is 9.59 Å². The number of nitrogens with one attached hydrogen (secondary N) is 1. The van der Waals surface area contributed by atoms with E-state index >= 15 is 0 Å². The predicted molar refractivity (Wildman–Crippen MR) is 119 cm³/mol. The van der Waals surface area contributed by atoms with Gasteiger partial charge in [0.25, 0.3) is 5.91 Å². The van der Waals surface area contributed by atoms with Crippen LogP contribution in [-0.2, 0) is 17.8 Å². The molecule has 0 bridgehead atoms. The van der Waals surface area contributed by atoms with Crippen LogP contribution in [0.3, 0.4) is 0 Å². The molecule has 30 heavy (non-hydrogen) atoms. The molecule has 1 aromatic heterocycles. The van der Waals surface area contributed by atoms with Crippen molar-refractivity contribution >= 4 is 28.8 Å². The molecule has 0 aliphatic rings. The monoisotopic (exact) mass is 423 g/mol. The Morgan fingerprint density at radius 1 is 1.13 bits per heavy atom. The highest BCUT2D eigenvalue weighted by Gasteiger charge is 2.16. The fraction of sp³-hybridized carbons (Fsp3) is 0.261. The summed E-state index contributed by atoms with van der Waals surface area (Å²) in [7, 11) is 1.61. The Morgan fingerprint density at radius 3 is 2.53 bits per heavy atom. The van der Waals surface area contributed by atoms with Crippen LogP contribution in [0.4, 0.5) is 5.69 Å². The van der Waals surface area contributed by atoms with E-state index in [4.69, 9.17) is 4.74 Å². The van der Waals surface area contributed by atoms with Crippen molar-refractivity contribution in [3.8, 4) is 5.75 Å². The van der Waals surface area contributed by atoms with Crippen molar-refractivity contribution in [1.82, 2.24) is 9.88 Å². The topological polar surface area (TPSA) is 71.5 Å². The number of ether oxygens (including phenoxy) is 1. The third kappa shape index (κ3) is 5.67. The van der Waals surface area contributed by atoms with Crippen molar-refractivity contribution in [3.05, 3.63) is 75.7 Å². The van der Waals surface area contributed by atoms with Crippen LogP contribution in [0.1, 0.15) is 33.5 Å². The van der Waals surface area contributed by atoms with Crippen molar-refractivity contribution in [2.45, 2.75) is 26.9 Å². The van der Waals surface area contributed by atoms with Gasteiger partial charge in [0.1, 0.15) is 12.4 Å². The number of anilines is 1. The summed E-state index contributed by atoms with van der Waals surface area (Å²) in [6.07, 6.45) is 0.821. The second kappa shape index (κ2) is 10.0. The van der Waals surface area contributed by atoms with Crippen molar-refractivity contribution in [1.29, 1.82) is 0 Å². The molecule has 2 amide bonds. The molecule has 7 heteroatoms. The van der Waals surface area contributed by atoms with Crippen molar-refractivity contribution < 1.29 is 14.3 Å². The summed E-state index contributed by atoms with van der Waals surface area (Å²) < 4.78 is 5.71. The highest BCUT2D eigenvalue weighted by molar-refractivity contribution is 7.09. The molecule has 0 saturated carbocycles. The molecule has 0 fully saturated rings. The number of aromatic nitrogens is 1. The van der Waals surface area contributed by atoms with Gasteiger partial charge in [0.15, 0.2) is 0 Å². The second-order valence-corrected chi connectivity index (χ2v) is 7.95. The third-order valence-corrected chi connectivity index (χ3v) is 5.38. The van der Waals surface area contributed by atoms with E-state index in [0.29, 0.717) is 17.9 Å². The number of aryl methyl sites for hydroxylation is 2. The standard InChI is InChI=1S/C23H25N3O3S/c1-4-17-7-5-6-8-21(17)25-22(27)13-26(3)23(28)18-9-11-20(12-10-18)29-14-19-15-30-16(2)24-19/h5-12,15H,4,13-14H2,1-3H3,(H,25,27). The molecule has 0 saturated heterocycles. The zero-order chi connectivity index (χ0) is 21.5. The Bertz CT molecular complexity index is 1010. The number of likely N-dealkylation sites (N-methyl/N-ethyl adjacent to an activating group) is 1. The maximum Gasteiger partial charge on any atom is 0.254 e. The molecule has 156 valence electrons. The molecule has 0 unspecified atom stereocenters. The Labute approximate surface area is 180 Å². The maximum atomic E-state index is 12.6. The number of hydrogen-bond donors (Lipinski definition) is 1. The normalized spacial score (nSPS) is 10.5. The van der Waals surface area contributed by atoms with Gasteiger partial charge in [-0.25, -0.2) is 4.98 Å². The minimum absolute atomic E-state index is 0.0295. The zero-order valence-electron chi connectivity index (χ0n) is 17.3. The molecule has 3 rings (SSSR count). The summed E-state index contributed by atoms with van der Waals surface area (Å²) in [5.41, 5.74) is 3.22. The molecule has 0 atom stereocenters. The maximum absolute atomic E-state index is 12.6. The lowest BCUT2D eigenvalue weighted by Gasteiger charge is -2.18. The van der Waals surface area contributed by atoms with E-state index in [2.05, 4.69) is 10.3 Å². The van der Waals surface area contributed by atoms with Gasteiger partial charge in [-0.1, -0.05) is 25.1 Å². The van der Waals surface area contributed by atoms with E-state index in [1.165, 1.54) is 4.90 Å². The highest BCUT2D eigenvalue weighted by atomic mass is 32.1. The smallest absolute Gasteiger partial charge is 0.254 e. The van der Waals surface area contributed by atoms with Gasteiger partial charge < -0.3 is 15.0 Å². The van der Waals surface area contributed by atoms with Crippen LogP contribution in [0.25, 0.3) is 0 Å². The van der Waals surface area contributed by atoms with Gasteiger partial charge in [0.2, 0.25) is 5.91 Å². The minimum Gasteiger partial charge on any atom is -0.487 e. The summed E-state index contributed by atoms with van der Waals surface area (Å²) in [5.74, 6) is 0.203. The predicted octanol–water partition coefficient (Wildman–Crippen LogP) is 4.30. The van der Waals surface area contributed by atoms with Crippen LogP contribution in [0, 0.1) is 6.92 Å². The average Bonchev–Trinajstić information content (AvgIpc) is 3.17. The van der Waals surface area contributed by atoms with E-state index in [1.54, 1.807) is 42.6 Å². The van der Waals surface area contributed by atoms with Crippen LogP contribution < -0.4 is 10.1 Å². The number of carbonyl (C=O) groups is 2. The Kier molecular flexibility index (Phi) is 7.19. The fourth-order valence-corrected chi connectivity index (χ4v) is 3.57. The van der Waals surface area contributed by atoms with Crippen LogP contribution in [0.15, 0.2) is 53.9 Å². The van der Waals surface area contributed by atoms with E-state index in [9.17, 15) is 9.59 Å². The van der Waals surface area contributed by atoms with Crippen LogP contribution in [0.5, 0.6) is 5.75 Å². The molecule has 1 N–H and O–H groups in total. The molecule has 1 heterocycles. The second-order valence-electron chi connectivity index (χ2n) is 6.89. The lowest BCUT2D eigenvalue weighted by Crippen LogP contribution is -2.35. The Morgan fingerprint density at radius 2 is 1.87 bits per heavy atom. The minimum atomic E-state index is -0.231. The Balaban J connectivity index is 1.54. The summed E-state index contributed by atoms with van der Waals surface area (Å²) in [4.78, 5) is 30.8. The molecule has 0 aliphatic carbocycles. The number of carbonyl (C=O) groups excluding carboxylic acids is 2. The van der Waals surface area contributed by atoms with E-state index in [0.717, 1.165) is 28.4 Å². The molecule has 3 aromatic rings. The van der Waals surface area contributed by atoms with Crippen LogP contribution >= 0.6 is 11.3 Å². The van der Waals surface area contributed by atoms with Gasteiger partial charge >= 0.3 is 0 Å². The fourth-order valence-electron chi connectivity index (χ4n) is 2.97. The average molecular weight is 424 g/mol. The largest absolute Gasteiger partial charge is 0.487 e. The molecule has 0 aliphatic heterocycles. The molecule has 6 nitrogen and oxygen atoms in total.